The number of H-pyrrole nitrogens is 2. The number of alkyl carbamates (subject to hydrolysis) is 3. The minimum absolute atomic E-state index is 0.0405. The van der Waals surface area contributed by atoms with Gasteiger partial charge in [0.25, 0.3) is 0 Å². The third-order valence-electron chi connectivity index (χ3n) is 16.8. The van der Waals surface area contributed by atoms with Gasteiger partial charge in [-0.15, -0.1) is 0 Å². The van der Waals surface area contributed by atoms with Crippen molar-refractivity contribution in [2.24, 2.45) is 0 Å². The number of amides is 3. The van der Waals surface area contributed by atoms with E-state index in [0.717, 1.165) is 68.8 Å². The Bertz CT molecular complexity index is 4260. The average molecular weight is 2210 g/mol. The summed E-state index contributed by atoms with van der Waals surface area (Å²) in [7, 11) is 0. The van der Waals surface area contributed by atoms with E-state index < -0.39 is 46.9 Å². The van der Waals surface area contributed by atoms with Crippen molar-refractivity contribution in [1.29, 1.82) is 0 Å². The van der Waals surface area contributed by atoms with E-state index in [1.165, 1.54) is 37.4 Å². The molecule has 36 heteroatoms. The van der Waals surface area contributed by atoms with Crippen molar-refractivity contribution < 1.29 is 54.9 Å². The van der Waals surface area contributed by atoms with E-state index in [1.54, 1.807) is 53.2 Å². The van der Waals surface area contributed by atoms with Gasteiger partial charge in [0.15, 0.2) is 5.43 Å². The van der Waals surface area contributed by atoms with Gasteiger partial charge < -0.3 is 54.8 Å². The number of hydrogen-bond donors (Lipinski definition) is 5. The highest BCUT2D eigenvalue weighted by molar-refractivity contribution is 14.1. The Labute approximate surface area is 675 Å². The number of halogens is 14. The van der Waals surface area contributed by atoms with Crippen molar-refractivity contribution in [2.45, 2.75) is 87.6 Å². The van der Waals surface area contributed by atoms with Crippen LogP contribution in [0.15, 0.2) is 133 Å². The zero-order valence-corrected chi connectivity index (χ0v) is 69.2. The largest absolute Gasteiger partial charge is 0.441 e. The summed E-state index contributed by atoms with van der Waals surface area (Å²) in [5, 5.41) is 13.2. The van der Waals surface area contributed by atoms with Crippen LogP contribution in [0.1, 0.15) is 69.5 Å². The van der Waals surface area contributed by atoms with Crippen LogP contribution in [0.2, 0.25) is 5.02 Å². The normalized spacial score (nSPS) is 17.0. The molecule has 7 aromatic heterocycles. The topological polar surface area (TPSA) is 260 Å². The number of aromatic amines is 2. The molecule has 13 heterocycles. The number of piperidine rings is 3. The van der Waals surface area contributed by atoms with Gasteiger partial charge in [0.05, 0.1) is 84.0 Å². The zero-order chi connectivity index (χ0) is 73.0. The second kappa shape index (κ2) is 35.5. The van der Waals surface area contributed by atoms with Crippen LogP contribution in [-0.2, 0) is 26.6 Å². The Balaban J connectivity index is 0.000000155. The summed E-state index contributed by atoms with van der Waals surface area (Å²) in [5.41, 5.74) is 1.60. The number of benzene rings is 1. The maximum Gasteiger partial charge on any atom is 0.419 e. The summed E-state index contributed by atoms with van der Waals surface area (Å²) in [4.78, 5) is 82.3. The summed E-state index contributed by atoms with van der Waals surface area (Å²) in [6.45, 7) is 8.80. The van der Waals surface area contributed by atoms with Gasteiger partial charge in [0.1, 0.15) is 16.8 Å². The molecule has 8 aromatic rings. The summed E-state index contributed by atoms with van der Waals surface area (Å²) >= 11 is 20.6. The minimum Gasteiger partial charge on any atom is -0.441 e. The summed E-state index contributed by atoms with van der Waals surface area (Å²) in [6.07, 6.45) is 15.7. The van der Waals surface area contributed by atoms with E-state index in [9.17, 15) is 50.3 Å². The van der Waals surface area contributed by atoms with Gasteiger partial charge in [0, 0.05) is 188 Å². The monoisotopic (exact) mass is 2200 g/mol. The van der Waals surface area contributed by atoms with Crippen LogP contribution >= 0.6 is 170 Å². The molecule has 6 aliphatic heterocycles. The molecule has 538 valence electrons. The number of hydrogen-bond acceptors (Lipinski definition) is 16. The molecular formula is C65H62ClF6I7N14O8. The lowest BCUT2D eigenvalue weighted by Gasteiger charge is -2.39. The van der Waals surface area contributed by atoms with Crippen LogP contribution in [0, 0.1) is 25.0 Å². The maximum absolute atomic E-state index is 14.0. The standard InChI is InChI=1S/C25H26F3N5O2.C13H13F3IN3O2.C12H13I2N3O2.C5H2ClI2N.C5H3I2NO.C5H5NO/c1-16(2)33-14-19(11-31-33)17-3-5-18(6-4-17)20-12-29-13-21(25(26,27)28)22(20)32-9-7-24(8-10-32)15-30-23(34)35-24;14-13(15,16)8-5-18-6-9(17)10(8)20-3-1-12(2-4-20)7-19-11(21)22-12;13-8-5-15-6-9(14)10(8)17-3-1-12(2-4-17)7-16-11(18)19-12;6-5-3(7)1-9-2-4(5)8;6-3-1-8-2-4(7)5(3)9;7-5-1-3-6-4-2-5/h3-6,11-14,16H,7-10,15H2,1-2H3,(H,30,34);5-6H,1-4,7H2,(H,19,21);5-6H,1-4,7H2,(H,16,18);1-2H;1-2H,(H,8,9);1-4H,(H,6,7). The number of aromatic nitrogens is 8. The van der Waals surface area contributed by atoms with Crippen molar-refractivity contribution in [2.75, 3.05) is 73.6 Å². The molecule has 3 spiro atoms. The van der Waals surface area contributed by atoms with E-state index in [0.29, 0.717) is 86.2 Å². The van der Waals surface area contributed by atoms with Crippen LogP contribution in [0.5, 0.6) is 0 Å². The Morgan fingerprint density at radius 1 is 0.465 bits per heavy atom. The predicted molar refractivity (Wildman–Crippen MR) is 428 cm³/mol. The fourth-order valence-corrected chi connectivity index (χ4v) is 17.3. The Morgan fingerprint density at radius 2 is 0.842 bits per heavy atom. The van der Waals surface area contributed by atoms with Crippen LogP contribution < -0.4 is 41.5 Å². The lowest BCUT2D eigenvalue weighted by atomic mass is 9.90. The first kappa shape index (κ1) is 80.2. The molecule has 0 radical (unpaired) electrons. The second-order valence-corrected chi connectivity index (χ2v) is 32.3. The summed E-state index contributed by atoms with van der Waals surface area (Å²) < 4.78 is 106. The van der Waals surface area contributed by atoms with Crippen molar-refractivity contribution in [3.05, 3.63) is 185 Å². The number of carbonyl (C=O) groups excluding carboxylic acids is 3. The fraction of sp³-hybridized carbons (Fsp3) is 0.354. The number of carbonyl (C=O) groups is 3. The first-order valence-corrected chi connectivity index (χ1v) is 38.8. The molecule has 6 fully saturated rings. The van der Waals surface area contributed by atoms with E-state index >= 15 is 0 Å². The predicted octanol–water partition coefficient (Wildman–Crippen LogP) is 15.3. The molecule has 6 aliphatic rings. The third kappa shape index (κ3) is 21.2. The van der Waals surface area contributed by atoms with Gasteiger partial charge in [-0.1, -0.05) is 35.9 Å². The number of pyridine rings is 6. The van der Waals surface area contributed by atoms with Gasteiger partial charge in [0.2, 0.25) is 5.43 Å². The smallest absolute Gasteiger partial charge is 0.419 e. The molecule has 0 saturated carbocycles. The summed E-state index contributed by atoms with van der Waals surface area (Å²) in [5.74, 6) is 0. The molecule has 0 aliphatic carbocycles. The number of rotatable bonds is 6. The van der Waals surface area contributed by atoms with Gasteiger partial charge >= 0.3 is 30.6 Å². The van der Waals surface area contributed by atoms with Crippen molar-refractivity contribution in [3.63, 3.8) is 0 Å². The number of alkyl halides is 6. The Hall–Kier alpha value is -4.88. The maximum atomic E-state index is 14.0. The van der Waals surface area contributed by atoms with Crippen molar-refractivity contribution in [1.82, 2.24) is 55.6 Å². The molecule has 1 aromatic carbocycles. The first-order valence-electron chi connectivity index (χ1n) is 30.8. The lowest BCUT2D eigenvalue weighted by Crippen LogP contribution is -2.47. The van der Waals surface area contributed by atoms with Crippen LogP contribution in [0.4, 0.5) is 57.8 Å². The molecule has 5 N–H and O–H groups in total. The Kier molecular flexibility index (Phi) is 28.2. The average Bonchev–Trinajstić information content (AvgIpc) is 1.76. The fourth-order valence-electron chi connectivity index (χ4n) is 11.4. The lowest BCUT2D eigenvalue weighted by molar-refractivity contribution is -0.138. The minimum atomic E-state index is -4.56. The van der Waals surface area contributed by atoms with E-state index in [1.807, 2.05) is 129 Å². The van der Waals surface area contributed by atoms with Crippen LogP contribution in [0.25, 0.3) is 22.3 Å². The highest BCUT2D eigenvalue weighted by Gasteiger charge is 2.47. The molecular weight excluding hydrogens is 2140 g/mol. The molecule has 22 nitrogen and oxygen atoms in total. The highest BCUT2D eigenvalue weighted by atomic mass is 127. The number of nitrogens with one attached hydrogen (secondary N) is 5. The zero-order valence-electron chi connectivity index (χ0n) is 53.3. The van der Waals surface area contributed by atoms with Gasteiger partial charge in [-0.25, -0.2) is 14.4 Å². The van der Waals surface area contributed by atoms with Gasteiger partial charge in [-0.05, 0) is 183 Å². The third-order valence-corrected chi connectivity index (χ3v) is 23.4. The Morgan fingerprint density at radius 3 is 1.21 bits per heavy atom. The van der Waals surface area contributed by atoms with Crippen molar-refractivity contribution in [3.8, 4) is 22.3 Å². The van der Waals surface area contributed by atoms with E-state index in [-0.39, 0.29) is 40.0 Å². The second-order valence-electron chi connectivity index (χ2n) is 23.8. The number of anilines is 3. The van der Waals surface area contributed by atoms with Crippen molar-refractivity contribution >= 4 is 205 Å². The molecule has 6 saturated heterocycles. The molecule has 3 amide bonds. The van der Waals surface area contributed by atoms with Crippen LogP contribution in [-0.4, -0.2) is 134 Å². The highest BCUT2D eigenvalue weighted by Crippen LogP contribution is 2.46. The molecule has 101 heavy (non-hydrogen) atoms. The molecule has 0 atom stereocenters. The van der Waals surface area contributed by atoms with E-state index in [4.69, 9.17) is 25.8 Å². The van der Waals surface area contributed by atoms with Crippen LogP contribution in [0.3, 0.4) is 0 Å². The summed E-state index contributed by atoms with van der Waals surface area (Å²) in [6, 6.07) is 10.6. The molecule has 0 bridgehead atoms. The SMILES string of the molecule is CC(C)n1cc(-c2ccc(-c3cncc(C(F)(F)F)c3N3CCC4(CC3)CNC(=O)O4)cc2)cn1.Clc1c(I)cncc1I.O=C1NCC2(CCN(c3c(I)cncc3C(F)(F)F)CC2)O1.O=C1NCC2(CCN(c3c(I)cncc3I)CC2)O1.O=c1c(I)c[nH]cc1I.O=c1cc[nH]cc1. The molecule has 0 unspecified atom stereocenters. The number of nitrogens with zero attached hydrogens (tertiary/aromatic N) is 9. The van der Waals surface area contributed by atoms with E-state index in [2.05, 4.69) is 146 Å². The quantitative estimate of drug-likeness (QED) is 0.0589. The van der Waals surface area contributed by atoms with Gasteiger partial charge in [-0.3, -0.25) is 34.2 Å². The first-order chi connectivity index (χ1) is 47.9. The van der Waals surface area contributed by atoms with Gasteiger partial charge in [-0.2, -0.15) is 31.4 Å². The molecule has 14 rings (SSSR count). The number of ether oxygens (including phenoxy) is 3.